The number of nitrogens with zero attached hydrogens (tertiary/aromatic N) is 1. The highest BCUT2D eigenvalue weighted by Gasteiger charge is 2.39. The van der Waals surface area contributed by atoms with Crippen LogP contribution >= 0.6 is 0 Å². The van der Waals surface area contributed by atoms with Gasteiger partial charge in [-0.05, 0) is 18.3 Å². The van der Waals surface area contributed by atoms with E-state index in [-0.39, 0.29) is 17.7 Å². The van der Waals surface area contributed by atoms with Crippen LogP contribution in [0.3, 0.4) is 0 Å². The summed E-state index contributed by atoms with van der Waals surface area (Å²) in [6, 6.07) is -0.775. The quantitative estimate of drug-likeness (QED) is 0.764. The lowest BCUT2D eigenvalue weighted by Gasteiger charge is -2.33. The van der Waals surface area contributed by atoms with Crippen LogP contribution in [0.4, 0.5) is 0 Å². The van der Waals surface area contributed by atoms with Gasteiger partial charge in [0.2, 0.25) is 21.8 Å². The van der Waals surface area contributed by atoms with Gasteiger partial charge in [-0.2, -0.15) is 4.31 Å². The number of carbonyl (C=O) groups is 2. The van der Waals surface area contributed by atoms with Gasteiger partial charge < -0.3 is 0 Å². The van der Waals surface area contributed by atoms with Gasteiger partial charge in [-0.1, -0.05) is 27.7 Å². The first-order chi connectivity index (χ1) is 8.57. The molecule has 1 saturated heterocycles. The number of piperazine rings is 1. The Bertz CT molecular complexity index is 465. The molecule has 0 saturated carbocycles. The van der Waals surface area contributed by atoms with Gasteiger partial charge in [-0.3, -0.25) is 14.9 Å². The van der Waals surface area contributed by atoms with E-state index < -0.39 is 27.9 Å². The maximum absolute atomic E-state index is 12.3. The lowest BCUT2D eigenvalue weighted by atomic mass is 9.94. The van der Waals surface area contributed by atoms with Crippen LogP contribution in [-0.2, 0) is 19.6 Å². The second kappa shape index (κ2) is 5.58. The number of hydrogen-bond donors (Lipinski definition) is 1. The molecule has 0 spiro atoms. The van der Waals surface area contributed by atoms with Crippen molar-refractivity contribution in [1.82, 2.24) is 9.62 Å². The third-order valence-electron chi connectivity index (χ3n) is 3.07. The molecule has 6 nitrogen and oxygen atoms in total. The summed E-state index contributed by atoms with van der Waals surface area (Å²) < 4.78 is 25.6. The topological polar surface area (TPSA) is 83.6 Å². The summed E-state index contributed by atoms with van der Waals surface area (Å²) in [5.74, 6) is -1.14. The molecular formula is C12H22N2O4S. The molecule has 0 aromatic rings. The highest BCUT2D eigenvalue weighted by Crippen LogP contribution is 2.22. The molecule has 1 fully saturated rings. The summed E-state index contributed by atoms with van der Waals surface area (Å²) in [5.41, 5.74) is -0.114. The van der Waals surface area contributed by atoms with E-state index in [1.165, 1.54) is 0 Å². The van der Waals surface area contributed by atoms with Crippen molar-refractivity contribution in [3.05, 3.63) is 0 Å². The first-order valence-electron chi connectivity index (χ1n) is 6.40. The van der Waals surface area contributed by atoms with Crippen LogP contribution < -0.4 is 5.32 Å². The number of carbonyl (C=O) groups excluding carboxylic acids is 2. The SMILES string of the molecule is CCC1C(=O)NC(=O)CN1S(=O)(=O)CCC(C)(C)C. The molecule has 110 valence electrons. The molecule has 1 heterocycles. The van der Waals surface area contributed by atoms with Crippen LogP contribution in [-0.4, -0.2) is 42.9 Å². The summed E-state index contributed by atoms with van der Waals surface area (Å²) in [6.45, 7) is 7.32. The molecule has 0 aromatic carbocycles. The molecule has 0 radical (unpaired) electrons. The Hall–Kier alpha value is -0.950. The van der Waals surface area contributed by atoms with Gasteiger partial charge in [-0.15, -0.1) is 0 Å². The summed E-state index contributed by atoms with van der Waals surface area (Å²) in [4.78, 5) is 23.0. The first kappa shape index (κ1) is 16.1. The molecule has 1 rings (SSSR count). The number of amides is 2. The predicted molar refractivity (Wildman–Crippen MR) is 71.8 cm³/mol. The Morgan fingerprint density at radius 1 is 1.32 bits per heavy atom. The van der Waals surface area contributed by atoms with Gasteiger partial charge in [0.1, 0.15) is 6.04 Å². The monoisotopic (exact) mass is 290 g/mol. The average molecular weight is 290 g/mol. The summed E-state index contributed by atoms with van der Waals surface area (Å²) in [6.07, 6.45) is 0.839. The van der Waals surface area contributed by atoms with E-state index in [0.717, 1.165) is 4.31 Å². The van der Waals surface area contributed by atoms with Crippen molar-refractivity contribution in [2.45, 2.75) is 46.6 Å². The summed E-state index contributed by atoms with van der Waals surface area (Å²) >= 11 is 0. The van der Waals surface area contributed by atoms with Gasteiger partial charge in [0.15, 0.2) is 0 Å². The largest absolute Gasteiger partial charge is 0.294 e. The zero-order chi connectivity index (χ0) is 14.8. The third kappa shape index (κ3) is 4.28. The van der Waals surface area contributed by atoms with Crippen LogP contribution in [0, 0.1) is 5.41 Å². The van der Waals surface area contributed by atoms with E-state index in [2.05, 4.69) is 5.32 Å². The highest BCUT2D eigenvalue weighted by atomic mass is 32.2. The number of nitrogens with one attached hydrogen (secondary N) is 1. The van der Waals surface area contributed by atoms with Crippen LogP contribution in [0.25, 0.3) is 0 Å². The lowest BCUT2D eigenvalue weighted by molar-refractivity contribution is -0.137. The lowest BCUT2D eigenvalue weighted by Crippen LogP contribution is -2.59. The average Bonchev–Trinajstić information content (AvgIpc) is 2.25. The van der Waals surface area contributed by atoms with Crippen molar-refractivity contribution in [3.63, 3.8) is 0 Å². The number of imide groups is 1. The molecule has 0 bridgehead atoms. The number of sulfonamides is 1. The van der Waals surface area contributed by atoms with Crippen molar-refractivity contribution in [1.29, 1.82) is 0 Å². The minimum absolute atomic E-state index is 0.0481. The van der Waals surface area contributed by atoms with Crippen LogP contribution in [0.2, 0.25) is 0 Å². The first-order valence-corrected chi connectivity index (χ1v) is 8.01. The summed E-state index contributed by atoms with van der Waals surface area (Å²) in [7, 11) is -3.59. The van der Waals surface area contributed by atoms with Crippen molar-refractivity contribution in [2.75, 3.05) is 12.3 Å². The van der Waals surface area contributed by atoms with Crippen LogP contribution in [0.15, 0.2) is 0 Å². The van der Waals surface area contributed by atoms with Gasteiger partial charge >= 0.3 is 0 Å². The van der Waals surface area contributed by atoms with E-state index in [9.17, 15) is 18.0 Å². The van der Waals surface area contributed by atoms with Crippen molar-refractivity contribution >= 4 is 21.8 Å². The molecule has 2 amide bonds. The van der Waals surface area contributed by atoms with Crippen LogP contribution in [0.5, 0.6) is 0 Å². The smallest absolute Gasteiger partial charge is 0.245 e. The van der Waals surface area contributed by atoms with Gasteiger partial charge in [0, 0.05) is 0 Å². The zero-order valence-electron chi connectivity index (χ0n) is 11.9. The Morgan fingerprint density at radius 2 is 1.89 bits per heavy atom. The van der Waals surface area contributed by atoms with Crippen molar-refractivity contribution < 1.29 is 18.0 Å². The van der Waals surface area contributed by atoms with E-state index in [1.54, 1.807) is 6.92 Å². The van der Waals surface area contributed by atoms with Crippen molar-refractivity contribution in [2.24, 2.45) is 5.41 Å². The molecule has 1 N–H and O–H groups in total. The highest BCUT2D eigenvalue weighted by molar-refractivity contribution is 7.89. The molecule has 1 atom stereocenters. The summed E-state index contributed by atoms with van der Waals surface area (Å²) in [5, 5.41) is 2.17. The Labute approximate surface area is 114 Å². The predicted octanol–water partition coefficient (Wildman–Crippen LogP) is 0.489. The molecule has 19 heavy (non-hydrogen) atoms. The molecule has 1 unspecified atom stereocenters. The normalized spacial score (nSPS) is 22.4. The fraction of sp³-hybridized carbons (Fsp3) is 0.833. The minimum Gasteiger partial charge on any atom is -0.294 e. The molecule has 1 aliphatic heterocycles. The third-order valence-corrected chi connectivity index (χ3v) is 4.88. The molecule has 1 aliphatic rings. The second-order valence-corrected chi connectivity index (χ2v) is 8.05. The van der Waals surface area contributed by atoms with E-state index in [0.29, 0.717) is 12.8 Å². The van der Waals surface area contributed by atoms with Gasteiger partial charge in [0.05, 0.1) is 12.3 Å². The minimum atomic E-state index is -3.59. The molecule has 0 aromatic heterocycles. The maximum Gasteiger partial charge on any atom is 0.245 e. The van der Waals surface area contributed by atoms with Crippen LogP contribution in [0.1, 0.15) is 40.5 Å². The molecule has 7 heteroatoms. The number of rotatable bonds is 4. The van der Waals surface area contributed by atoms with E-state index >= 15 is 0 Å². The maximum atomic E-state index is 12.3. The zero-order valence-corrected chi connectivity index (χ0v) is 12.7. The fourth-order valence-corrected chi connectivity index (χ4v) is 3.93. The van der Waals surface area contributed by atoms with E-state index in [4.69, 9.17) is 0 Å². The van der Waals surface area contributed by atoms with Crippen molar-refractivity contribution in [3.8, 4) is 0 Å². The Balaban J connectivity index is 2.90. The Morgan fingerprint density at radius 3 is 2.37 bits per heavy atom. The molecular weight excluding hydrogens is 268 g/mol. The Kier molecular flexibility index (Phi) is 4.73. The standard InChI is InChI=1S/C12H22N2O4S/c1-5-9-11(16)13-10(15)8-14(9)19(17,18)7-6-12(2,3)4/h9H,5-8H2,1-4H3,(H,13,15,16). The van der Waals surface area contributed by atoms with Gasteiger partial charge in [0.25, 0.3) is 0 Å². The number of hydrogen-bond acceptors (Lipinski definition) is 4. The van der Waals surface area contributed by atoms with E-state index in [1.807, 2.05) is 20.8 Å². The second-order valence-electron chi connectivity index (χ2n) is 6.01. The van der Waals surface area contributed by atoms with Gasteiger partial charge in [-0.25, -0.2) is 8.42 Å². The fourth-order valence-electron chi connectivity index (χ4n) is 1.88. The molecule has 0 aliphatic carbocycles.